The zero-order chi connectivity index (χ0) is 17.7. The first-order chi connectivity index (χ1) is 11.4. The first kappa shape index (κ1) is 18.4. The summed E-state index contributed by atoms with van der Waals surface area (Å²) in [7, 11) is 0. The van der Waals surface area contributed by atoms with Gasteiger partial charge in [-0.15, -0.1) is 0 Å². The molecule has 0 spiro atoms. The highest BCUT2D eigenvalue weighted by Crippen LogP contribution is 2.32. The highest BCUT2D eigenvalue weighted by atomic mass is 35.5. The number of allylic oxidation sites excluding steroid dienone is 2. The summed E-state index contributed by atoms with van der Waals surface area (Å²) in [5.41, 5.74) is 0.572. The molecule has 1 aromatic carbocycles. The molecule has 0 unspecified atom stereocenters. The summed E-state index contributed by atoms with van der Waals surface area (Å²) >= 11 is 6.12. The van der Waals surface area contributed by atoms with E-state index < -0.39 is 5.72 Å². The van der Waals surface area contributed by atoms with Crippen LogP contribution in [0.15, 0.2) is 47.6 Å². The van der Waals surface area contributed by atoms with Crippen molar-refractivity contribution in [1.29, 1.82) is 0 Å². The highest BCUT2D eigenvalue weighted by molar-refractivity contribution is 6.33. The van der Waals surface area contributed by atoms with E-state index in [2.05, 4.69) is 12.2 Å². The van der Waals surface area contributed by atoms with Crippen LogP contribution < -0.4 is 5.32 Å². The summed E-state index contributed by atoms with van der Waals surface area (Å²) in [4.78, 5) is 24.5. The molecule has 1 aromatic rings. The van der Waals surface area contributed by atoms with Crippen molar-refractivity contribution in [3.63, 3.8) is 0 Å². The zero-order valence-corrected chi connectivity index (χ0v) is 14.9. The first-order valence-electron chi connectivity index (χ1n) is 8.03. The molecular weight excluding hydrogens is 326 g/mol. The molecule has 128 valence electrons. The second-order valence-electron chi connectivity index (χ2n) is 5.87. The maximum atomic E-state index is 12.7. The van der Waals surface area contributed by atoms with Crippen LogP contribution in [0.3, 0.4) is 0 Å². The van der Waals surface area contributed by atoms with Gasteiger partial charge in [-0.1, -0.05) is 37.1 Å². The van der Waals surface area contributed by atoms with Crippen LogP contribution in [0.5, 0.6) is 0 Å². The zero-order valence-electron chi connectivity index (χ0n) is 14.2. The molecule has 1 aliphatic rings. The lowest BCUT2D eigenvalue weighted by molar-refractivity contribution is -0.111. The Morgan fingerprint density at radius 3 is 2.42 bits per heavy atom. The van der Waals surface area contributed by atoms with Crippen LogP contribution in [0, 0.1) is 0 Å². The molecule has 1 amide bonds. The molecule has 0 aliphatic heterocycles. The van der Waals surface area contributed by atoms with E-state index in [1.165, 1.54) is 12.2 Å². The topological polar surface area (TPSA) is 55.4 Å². The molecule has 1 aliphatic carbocycles. The van der Waals surface area contributed by atoms with E-state index in [1.807, 2.05) is 0 Å². The lowest BCUT2D eigenvalue weighted by atomic mass is 9.89. The van der Waals surface area contributed by atoms with Gasteiger partial charge in [-0.2, -0.15) is 0 Å². The number of halogens is 1. The van der Waals surface area contributed by atoms with Crippen LogP contribution in [0.2, 0.25) is 5.02 Å². The largest absolute Gasteiger partial charge is 0.348 e. The van der Waals surface area contributed by atoms with Crippen LogP contribution in [0.4, 0.5) is 0 Å². The van der Waals surface area contributed by atoms with Gasteiger partial charge in [0.15, 0.2) is 11.5 Å². The molecule has 0 bridgehead atoms. The Balaban J connectivity index is 2.35. The number of carbonyl (C=O) groups is 2. The molecule has 0 saturated carbocycles. The van der Waals surface area contributed by atoms with Crippen molar-refractivity contribution < 1.29 is 14.3 Å². The van der Waals surface area contributed by atoms with Crippen molar-refractivity contribution in [3.8, 4) is 0 Å². The van der Waals surface area contributed by atoms with Crippen molar-refractivity contribution in [2.75, 3.05) is 6.61 Å². The predicted octanol–water partition coefficient (Wildman–Crippen LogP) is 4.06. The summed E-state index contributed by atoms with van der Waals surface area (Å²) in [6.07, 6.45) is 4.81. The monoisotopic (exact) mass is 347 g/mol. The summed E-state index contributed by atoms with van der Waals surface area (Å²) < 4.78 is 6.05. The van der Waals surface area contributed by atoms with E-state index in [1.54, 1.807) is 38.1 Å². The number of nitrogens with one attached hydrogen (secondary N) is 1. The average Bonchev–Trinajstić information content (AvgIpc) is 2.52. The maximum Gasteiger partial charge on any atom is 0.255 e. The summed E-state index contributed by atoms with van der Waals surface area (Å²) in [6.45, 7) is 6.11. The minimum absolute atomic E-state index is 0.105. The number of unbranched alkanes of at least 4 members (excludes halogenated alkanes) is 1. The molecule has 1 N–H and O–H groups in total. The van der Waals surface area contributed by atoms with Gasteiger partial charge in [-0.05, 0) is 55.7 Å². The van der Waals surface area contributed by atoms with Gasteiger partial charge < -0.3 is 10.1 Å². The minimum Gasteiger partial charge on any atom is -0.348 e. The summed E-state index contributed by atoms with van der Waals surface area (Å²) in [5.74, 6) is -0.446. The van der Waals surface area contributed by atoms with Gasteiger partial charge in [0.2, 0.25) is 0 Å². The Kier molecular flexibility index (Phi) is 5.97. The molecule has 5 heteroatoms. The highest BCUT2D eigenvalue weighted by Gasteiger charge is 2.40. The van der Waals surface area contributed by atoms with Crippen molar-refractivity contribution in [2.45, 2.75) is 39.3 Å². The Labute approximate surface area is 147 Å². The molecular formula is C19H22ClNO3. The quantitative estimate of drug-likeness (QED) is 0.623. The lowest BCUT2D eigenvalue weighted by Gasteiger charge is -2.38. The normalized spacial score (nSPS) is 16.4. The molecule has 0 radical (unpaired) electrons. The molecule has 2 rings (SSSR count). The Morgan fingerprint density at radius 1 is 1.21 bits per heavy atom. The van der Waals surface area contributed by atoms with Gasteiger partial charge in [0.25, 0.3) is 5.91 Å². The number of rotatable bonds is 6. The minimum atomic E-state index is -1.11. The van der Waals surface area contributed by atoms with Crippen molar-refractivity contribution >= 4 is 23.3 Å². The molecule has 0 atom stereocenters. The van der Waals surface area contributed by atoms with E-state index >= 15 is 0 Å². The fourth-order valence-corrected chi connectivity index (χ4v) is 2.91. The van der Waals surface area contributed by atoms with Crippen LogP contribution in [0.25, 0.3) is 0 Å². The fraction of sp³-hybridized carbons (Fsp3) is 0.368. The number of amides is 1. The third kappa shape index (κ3) is 3.77. The van der Waals surface area contributed by atoms with E-state index in [0.717, 1.165) is 12.8 Å². The van der Waals surface area contributed by atoms with E-state index in [-0.39, 0.29) is 11.7 Å². The van der Waals surface area contributed by atoms with Gasteiger partial charge in [0, 0.05) is 0 Å². The van der Waals surface area contributed by atoms with Crippen LogP contribution in [-0.2, 0) is 9.53 Å². The summed E-state index contributed by atoms with van der Waals surface area (Å²) in [6, 6.07) is 6.84. The van der Waals surface area contributed by atoms with Gasteiger partial charge in [-0.3, -0.25) is 9.59 Å². The molecule has 0 aromatic heterocycles. The van der Waals surface area contributed by atoms with Gasteiger partial charge in [-0.25, -0.2) is 0 Å². The van der Waals surface area contributed by atoms with Crippen molar-refractivity contribution in [3.05, 3.63) is 58.1 Å². The van der Waals surface area contributed by atoms with Gasteiger partial charge in [0.05, 0.1) is 17.2 Å². The Bertz CT molecular complexity index is 684. The van der Waals surface area contributed by atoms with Crippen LogP contribution >= 0.6 is 11.6 Å². The summed E-state index contributed by atoms with van der Waals surface area (Å²) in [5, 5.41) is 3.30. The fourth-order valence-electron chi connectivity index (χ4n) is 2.69. The number of ketones is 1. The number of ether oxygens (including phenoxy) is 1. The SMILES string of the molecule is CCCCOC1(NC(=O)c2ccccc2Cl)C(C)=CC(=O)C=C1C. The molecule has 24 heavy (non-hydrogen) atoms. The number of benzene rings is 1. The van der Waals surface area contributed by atoms with E-state index in [0.29, 0.717) is 28.3 Å². The second-order valence-corrected chi connectivity index (χ2v) is 6.28. The Morgan fingerprint density at radius 2 is 1.83 bits per heavy atom. The number of carbonyl (C=O) groups excluding carboxylic acids is 2. The van der Waals surface area contributed by atoms with Gasteiger partial charge >= 0.3 is 0 Å². The Hall–Kier alpha value is -1.91. The predicted molar refractivity (Wildman–Crippen MR) is 95.0 cm³/mol. The second kappa shape index (κ2) is 7.77. The molecule has 0 heterocycles. The maximum absolute atomic E-state index is 12.7. The molecule has 4 nitrogen and oxygen atoms in total. The smallest absolute Gasteiger partial charge is 0.255 e. The number of hydrogen-bond donors (Lipinski definition) is 1. The van der Waals surface area contributed by atoms with E-state index in [4.69, 9.17) is 16.3 Å². The average molecular weight is 348 g/mol. The van der Waals surface area contributed by atoms with E-state index in [9.17, 15) is 9.59 Å². The standard InChI is InChI=1S/C19H22ClNO3/c1-4-5-10-24-19(13(2)11-15(22)12-14(19)3)21-18(23)16-8-6-7-9-17(16)20/h6-9,11-12H,4-5,10H2,1-3H3,(H,21,23). The molecule has 0 saturated heterocycles. The van der Waals surface area contributed by atoms with Crippen molar-refractivity contribution in [1.82, 2.24) is 5.32 Å². The van der Waals surface area contributed by atoms with Crippen LogP contribution in [0.1, 0.15) is 44.0 Å². The lowest BCUT2D eigenvalue weighted by Crippen LogP contribution is -2.54. The molecule has 0 fully saturated rings. The number of hydrogen-bond acceptors (Lipinski definition) is 3. The third-order valence-electron chi connectivity index (χ3n) is 4.05. The van der Waals surface area contributed by atoms with Crippen LogP contribution in [-0.4, -0.2) is 24.0 Å². The third-order valence-corrected chi connectivity index (χ3v) is 4.38. The van der Waals surface area contributed by atoms with Crippen molar-refractivity contribution in [2.24, 2.45) is 0 Å². The van der Waals surface area contributed by atoms with Gasteiger partial charge in [0.1, 0.15) is 0 Å². The first-order valence-corrected chi connectivity index (χ1v) is 8.41.